The van der Waals surface area contributed by atoms with Crippen molar-refractivity contribution in [1.82, 2.24) is 4.98 Å². The van der Waals surface area contributed by atoms with E-state index < -0.39 is 0 Å². The smallest absolute Gasteiger partial charge is 0.198 e. The van der Waals surface area contributed by atoms with Crippen LogP contribution in [0.4, 0.5) is 5.69 Å². The minimum Gasteiger partial charge on any atom is -0.439 e. The number of anilines is 1. The summed E-state index contributed by atoms with van der Waals surface area (Å²) in [5, 5.41) is 0.494. The number of nitrogens with zero attached hydrogens (tertiary/aromatic N) is 1. The zero-order valence-corrected chi connectivity index (χ0v) is 9.84. The summed E-state index contributed by atoms with van der Waals surface area (Å²) in [7, 11) is 0. The van der Waals surface area contributed by atoms with Crippen molar-refractivity contribution in [3.63, 3.8) is 0 Å². The molecule has 2 N–H and O–H groups in total. The van der Waals surface area contributed by atoms with Crippen molar-refractivity contribution in [1.29, 1.82) is 0 Å². The van der Waals surface area contributed by atoms with Crippen LogP contribution in [-0.4, -0.2) is 4.98 Å². The third-order valence-electron chi connectivity index (χ3n) is 3.34. The molecule has 1 fully saturated rings. The van der Waals surface area contributed by atoms with Gasteiger partial charge in [0.15, 0.2) is 11.5 Å². The highest BCUT2D eigenvalue weighted by Gasteiger charge is 2.25. The minimum atomic E-state index is 0.477. The van der Waals surface area contributed by atoms with Gasteiger partial charge in [0.05, 0.1) is 5.69 Å². The fraction of sp³-hybridized carbons (Fsp3) is 0.417. The van der Waals surface area contributed by atoms with Gasteiger partial charge in [-0.1, -0.05) is 18.0 Å². The maximum atomic E-state index is 6.15. The number of oxazole rings is 1. The third-order valence-corrected chi connectivity index (χ3v) is 3.71. The Kier molecular flexibility index (Phi) is 2.11. The molecular weight excluding hydrogens is 224 g/mol. The number of halogens is 1. The number of rotatable bonds is 1. The number of aromatic nitrogens is 1. The van der Waals surface area contributed by atoms with Crippen molar-refractivity contribution < 1.29 is 4.42 Å². The maximum Gasteiger partial charge on any atom is 0.198 e. The molecule has 2 aromatic rings. The number of benzene rings is 1. The average Bonchev–Trinajstić information content (AvgIpc) is 2.55. The zero-order valence-electron chi connectivity index (χ0n) is 9.09. The van der Waals surface area contributed by atoms with Crippen LogP contribution in [0.25, 0.3) is 11.1 Å². The average molecular weight is 237 g/mol. The van der Waals surface area contributed by atoms with Gasteiger partial charge in [-0.15, -0.1) is 0 Å². The summed E-state index contributed by atoms with van der Waals surface area (Å²) in [5.74, 6) is 1.29. The summed E-state index contributed by atoms with van der Waals surface area (Å²) in [6.07, 6.45) is 3.59. The number of hydrogen-bond acceptors (Lipinski definition) is 3. The second-order valence-electron chi connectivity index (χ2n) is 4.45. The van der Waals surface area contributed by atoms with Gasteiger partial charge in [-0.25, -0.2) is 4.98 Å². The van der Waals surface area contributed by atoms with Crippen LogP contribution in [0.1, 0.15) is 36.6 Å². The number of fused-ring (bicyclic) bond motifs is 1. The molecule has 0 bridgehead atoms. The lowest BCUT2D eigenvalue weighted by atomic mass is 9.85. The van der Waals surface area contributed by atoms with Crippen LogP contribution in [-0.2, 0) is 0 Å². The molecule has 16 heavy (non-hydrogen) atoms. The van der Waals surface area contributed by atoms with E-state index in [1.807, 2.05) is 13.0 Å². The van der Waals surface area contributed by atoms with Crippen LogP contribution in [0, 0.1) is 6.92 Å². The molecule has 0 amide bonds. The third kappa shape index (κ3) is 1.31. The minimum absolute atomic E-state index is 0.477. The Hall–Kier alpha value is -1.22. The first kappa shape index (κ1) is 9.97. The fourth-order valence-corrected chi connectivity index (χ4v) is 2.30. The standard InChI is InChI=1S/C12H13ClN2O/c1-6-5-8-11(9(13)10(6)14)16-12(15-8)7-3-2-4-7/h5,7H,2-4,14H2,1H3. The lowest BCUT2D eigenvalue weighted by molar-refractivity contribution is 0.344. The monoisotopic (exact) mass is 236 g/mol. The summed E-state index contributed by atoms with van der Waals surface area (Å²) < 4.78 is 5.72. The number of nitrogen functional groups attached to an aromatic ring is 1. The molecule has 0 aliphatic heterocycles. The van der Waals surface area contributed by atoms with Gasteiger partial charge in [-0.05, 0) is 31.4 Å². The summed E-state index contributed by atoms with van der Waals surface area (Å²) in [6.45, 7) is 1.93. The van der Waals surface area contributed by atoms with E-state index in [0.29, 0.717) is 22.2 Å². The Labute approximate surface area is 98.6 Å². The van der Waals surface area contributed by atoms with E-state index in [2.05, 4.69) is 4.98 Å². The molecule has 1 aromatic carbocycles. The van der Waals surface area contributed by atoms with E-state index in [9.17, 15) is 0 Å². The summed E-state index contributed by atoms with van der Waals surface area (Å²) in [5.41, 5.74) is 8.85. The predicted molar refractivity (Wildman–Crippen MR) is 64.8 cm³/mol. The van der Waals surface area contributed by atoms with Crippen molar-refractivity contribution in [3.05, 3.63) is 22.5 Å². The molecule has 0 spiro atoms. The highest BCUT2D eigenvalue weighted by Crippen LogP contribution is 2.39. The Bertz CT molecular complexity index is 558. The molecule has 0 radical (unpaired) electrons. The van der Waals surface area contributed by atoms with Gasteiger partial charge < -0.3 is 10.2 Å². The van der Waals surface area contributed by atoms with E-state index in [1.54, 1.807) is 0 Å². The lowest BCUT2D eigenvalue weighted by Gasteiger charge is -2.21. The van der Waals surface area contributed by atoms with E-state index >= 15 is 0 Å². The molecule has 1 aliphatic rings. The molecule has 0 unspecified atom stereocenters. The highest BCUT2D eigenvalue weighted by molar-refractivity contribution is 6.37. The molecule has 1 saturated carbocycles. The zero-order chi connectivity index (χ0) is 11.3. The molecule has 1 aromatic heterocycles. The Morgan fingerprint density at radius 3 is 2.88 bits per heavy atom. The van der Waals surface area contributed by atoms with Crippen molar-refractivity contribution in [2.75, 3.05) is 5.73 Å². The van der Waals surface area contributed by atoms with Gasteiger partial charge >= 0.3 is 0 Å². The van der Waals surface area contributed by atoms with Crippen molar-refractivity contribution >= 4 is 28.4 Å². The Balaban J connectivity index is 2.20. The maximum absolute atomic E-state index is 6.15. The van der Waals surface area contributed by atoms with Crippen molar-refractivity contribution in [2.24, 2.45) is 0 Å². The second kappa shape index (κ2) is 3.39. The molecule has 1 heterocycles. The van der Waals surface area contributed by atoms with E-state index in [-0.39, 0.29) is 0 Å². The quantitative estimate of drug-likeness (QED) is 0.769. The topological polar surface area (TPSA) is 52.0 Å². The summed E-state index contributed by atoms with van der Waals surface area (Å²) in [6, 6.07) is 1.93. The summed E-state index contributed by atoms with van der Waals surface area (Å²) in [4.78, 5) is 4.49. The molecule has 0 atom stereocenters. The van der Waals surface area contributed by atoms with Crippen molar-refractivity contribution in [3.8, 4) is 0 Å². The highest BCUT2D eigenvalue weighted by atomic mass is 35.5. The van der Waals surface area contributed by atoms with Gasteiger partial charge in [0.1, 0.15) is 10.5 Å². The lowest BCUT2D eigenvalue weighted by Crippen LogP contribution is -2.08. The second-order valence-corrected chi connectivity index (χ2v) is 4.83. The van der Waals surface area contributed by atoms with Gasteiger partial charge in [-0.2, -0.15) is 0 Å². The first-order valence-corrected chi connectivity index (χ1v) is 5.89. The molecular formula is C12H13ClN2O. The number of aryl methyl sites for hydroxylation is 1. The van der Waals surface area contributed by atoms with E-state index in [1.165, 1.54) is 19.3 Å². The number of nitrogens with two attached hydrogens (primary N) is 1. The normalized spacial score (nSPS) is 16.6. The molecule has 84 valence electrons. The number of hydrogen-bond donors (Lipinski definition) is 1. The van der Waals surface area contributed by atoms with Gasteiger partial charge in [0, 0.05) is 5.92 Å². The first-order chi connectivity index (χ1) is 7.66. The molecule has 4 heteroatoms. The van der Waals surface area contributed by atoms with Crippen LogP contribution in [0.15, 0.2) is 10.5 Å². The predicted octanol–water partition coefficient (Wildman–Crippen LogP) is 3.64. The van der Waals surface area contributed by atoms with Gasteiger partial charge in [0.2, 0.25) is 0 Å². The van der Waals surface area contributed by atoms with E-state index in [4.69, 9.17) is 21.8 Å². The van der Waals surface area contributed by atoms with Gasteiger partial charge in [-0.3, -0.25) is 0 Å². The molecule has 3 nitrogen and oxygen atoms in total. The van der Waals surface area contributed by atoms with E-state index in [0.717, 1.165) is 17.0 Å². The largest absolute Gasteiger partial charge is 0.439 e. The Morgan fingerprint density at radius 2 is 2.25 bits per heavy atom. The van der Waals surface area contributed by atoms with Crippen LogP contribution in [0.2, 0.25) is 5.02 Å². The van der Waals surface area contributed by atoms with Crippen LogP contribution in [0.3, 0.4) is 0 Å². The first-order valence-electron chi connectivity index (χ1n) is 5.52. The molecule has 0 saturated heterocycles. The molecule has 3 rings (SSSR count). The SMILES string of the molecule is Cc1cc2nc(C3CCC3)oc2c(Cl)c1N. The van der Waals surface area contributed by atoms with Crippen LogP contribution in [0.5, 0.6) is 0 Å². The fourth-order valence-electron chi connectivity index (χ4n) is 2.01. The summed E-state index contributed by atoms with van der Waals surface area (Å²) >= 11 is 6.15. The van der Waals surface area contributed by atoms with Gasteiger partial charge in [0.25, 0.3) is 0 Å². The van der Waals surface area contributed by atoms with Crippen LogP contribution >= 0.6 is 11.6 Å². The Morgan fingerprint density at radius 1 is 1.50 bits per heavy atom. The van der Waals surface area contributed by atoms with Crippen molar-refractivity contribution in [2.45, 2.75) is 32.1 Å². The molecule has 1 aliphatic carbocycles. The van der Waals surface area contributed by atoms with Crippen LogP contribution < -0.4 is 5.73 Å².